The van der Waals surface area contributed by atoms with Crippen LogP contribution >= 0.6 is 11.8 Å². The molecule has 1 rings (SSSR count). The maximum atomic E-state index is 3.68. The van der Waals surface area contributed by atoms with Crippen molar-refractivity contribution in [1.29, 1.82) is 0 Å². The molecule has 1 aliphatic heterocycles. The van der Waals surface area contributed by atoms with E-state index in [2.05, 4.69) is 35.8 Å². The summed E-state index contributed by atoms with van der Waals surface area (Å²) in [5.41, 5.74) is 0. The lowest BCUT2D eigenvalue weighted by Crippen LogP contribution is -2.37. The average molecular weight is 225 g/mol. The van der Waals surface area contributed by atoms with E-state index < -0.39 is 0 Å². The molecule has 0 bridgehead atoms. The summed E-state index contributed by atoms with van der Waals surface area (Å²) in [6.07, 6.45) is 6.30. The lowest BCUT2D eigenvalue weighted by molar-refractivity contribution is 0.462. The van der Waals surface area contributed by atoms with Gasteiger partial charge in [-0.15, -0.1) is 11.8 Å². The van der Waals surface area contributed by atoms with Crippen molar-refractivity contribution in [2.75, 3.05) is 12.3 Å². The molecule has 2 heteroatoms. The van der Waals surface area contributed by atoms with Gasteiger partial charge in [-0.2, -0.15) is 11.8 Å². The van der Waals surface area contributed by atoms with E-state index in [1.54, 1.807) is 0 Å². The fourth-order valence-electron chi connectivity index (χ4n) is 2.02. The van der Waals surface area contributed by atoms with E-state index in [1.807, 2.05) is 6.92 Å². The molecule has 86 valence electrons. The van der Waals surface area contributed by atoms with Crippen molar-refractivity contribution in [1.82, 2.24) is 5.32 Å². The van der Waals surface area contributed by atoms with Gasteiger partial charge < -0.3 is 5.32 Å². The largest absolute Gasteiger partial charge is 0.313 e. The molecule has 1 heterocycles. The fourth-order valence-corrected chi connectivity index (χ4v) is 3.46. The molecule has 0 aromatic heterocycles. The summed E-state index contributed by atoms with van der Waals surface area (Å²) in [5, 5.41) is 4.52. The van der Waals surface area contributed by atoms with E-state index in [-0.39, 0.29) is 0 Å². The molecular formula is C13H23NS. The summed E-state index contributed by atoms with van der Waals surface area (Å²) >= 11 is 2.15. The van der Waals surface area contributed by atoms with Crippen LogP contribution in [-0.4, -0.2) is 23.6 Å². The highest BCUT2D eigenvalue weighted by atomic mass is 32.2. The maximum Gasteiger partial charge on any atom is 0.0201 e. The zero-order valence-corrected chi connectivity index (χ0v) is 10.8. The fraction of sp³-hybridized carbons (Fsp3) is 0.846. The lowest BCUT2D eigenvalue weighted by Gasteiger charge is -2.23. The first-order valence-corrected chi connectivity index (χ1v) is 7.18. The monoisotopic (exact) mass is 225 g/mol. The molecule has 15 heavy (non-hydrogen) atoms. The SMILES string of the molecule is CC#CCCC(NCCC)C1CCCS1. The number of nitrogens with one attached hydrogen (secondary N) is 1. The molecule has 1 aliphatic rings. The van der Waals surface area contributed by atoms with Gasteiger partial charge in [0.1, 0.15) is 0 Å². The normalized spacial score (nSPS) is 22.1. The van der Waals surface area contributed by atoms with E-state index >= 15 is 0 Å². The Hall–Kier alpha value is -0.130. The summed E-state index contributed by atoms with van der Waals surface area (Å²) in [5.74, 6) is 7.52. The topological polar surface area (TPSA) is 12.0 Å². The second-order valence-corrected chi connectivity index (χ2v) is 5.42. The molecule has 1 fully saturated rings. The Bertz CT molecular complexity index is 210. The number of thioether (sulfide) groups is 1. The van der Waals surface area contributed by atoms with Gasteiger partial charge in [-0.3, -0.25) is 0 Å². The van der Waals surface area contributed by atoms with Crippen LogP contribution in [0.4, 0.5) is 0 Å². The zero-order chi connectivity index (χ0) is 10.9. The van der Waals surface area contributed by atoms with Crippen molar-refractivity contribution < 1.29 is 0 Å². The molecular weight excluding hydrogens is 202 g/mol. The number of hydrogen-bond acceptors (Lipinski definition) is 2. The minimum absolute atomic E-state index is 0.693. The van der Waals surface area contributed by atoms with Gasteiger partial charge in [-0.25, -0.2) is 0 Å². The van der Waals surface area contributed by atoms with Gasteiger partial charge in [-0.05, 0) is 44.9 Å². The number of rotatable bonds is 6. The van der Waals surface area contributed by atoms with Gasteiger partial charge in [0.15, 0.2) is 0 Å². The molecule has 1 saturated heterocycles. The number of hydrogen-bond donors (Lipinski definition) is 1. The van der Waals surface area contributed by atoms with Crippen LogP contribution in [0.2, 0.25) is 0 Å². The minimum atomic E-state index is 0.693. The average Bonchev–Trinajstić information content (AvgIpc) is 2.76. The lowest BCUT2D eigenvalue weighted by atomic mass is 10.0. The first kappa shape index (κ1) is 12.9. The van der Waals surface area contributed by atoms with E-state index in [0.717, 1.165) is 18.2 Å². The zero-order valence-electron chi connectivity index (χ0n) is 10.0. The van der Waals surface area contributed by atoms with Crippen molar-refractivity contribution in [3.63, 3.8) is 0 Å². The molecule has 1 N–H and O–H groups in total. The third kappa shape index (κ3) is 4.95. The summed E-state index contributed by atoms with van der Waals surface area (Å²) in [7, 11) is 0. The summed E-state index contributed by atoms with van der Waals surface area (Å²) in [4.78, 5) is 0. The van der Waals surface area contributed by atoms with Crippen LogP contribution in [0.15, 0.2) is 0 Å². The Morgan fingerprint density at radius 2 is 2.40 bits per heavy atom. The molecule has 0 aliphatic carbocycles. The van der Waals surface area contributed by atoms with Crippen LogP contribution in [0.1, 0.15) is 46.0 Å². The maximum absolute atomic E-state index is 3.68. The van der Waals surface area contributed by atoms with Crippen LogP contribution in [0.5, 0.6) is 0 Å². The van der Waals surface area contributed by atoms with Crippen molar-refractivity contribution >= 4 is 11.8 Å². The van der Waals surface area contributed by atoms with Crippen LogP contribution in [0.3, 0.4) is 0 Å². The van der Waals surface area contributed by atoms with Gasteiger partial charge >= 0.3 is 0 Å². The van der Waals surface area contributed by atoms with E-state index in [9.17, 15) is 0 Å². The standard InChI is InChI=1S/C13H23NS/c1-3-5-6-8-12(14-10-4-2)13-9-7-11-15-13/h12-14H,4,6-11H2,1-2H3. The molecule has 0 aromatic rings. The van der Waals surface area contributed by atoms with Gasteiger partial charge in [0, 0.05) is 17.7 Å². The predicted molar refractivity (Wildman–Crippen MR) is 70.2 cm³/mol. The van der Waals surface area contributed by atoms with Crippen molar-refractivity contribution in [3.05, 3.63) is 0 Å². The first-order valence-electron chi connectivity index (χ1n) is 6.13. The smallest absolute Gasteiger partial charge is 0.0201 e. The third-order valence-corrected chi connectivity index (χ3v) is 4.34. The van der Waals surface area contributed by atoms with Gasteiger partial charge in [0.2, 0.25) is 0 Å². The van der Waals surface area contributed by atoms with Crippen LogP contribution in [0.25, 0.3) is 0 Å². The molecule has 1 nitrogen and oxygen atoms in total. The molecule has 0 amide bonds. The quantitative estimate of drug-likeness (QED) is 0.697. The summed E-state index contributed by atoms with van der Waals surface area (Å²) in [6, 6.07) is 0.693. The van der Waals surface area contributed by atoms with E-state index in [0.29, 0.717) is 6.04 Å². The third-order valence-electron chi connectivity index (χ3n) is 2.83. The Morgan fingerprint density at radius 3 is 3.00 bits per heavy atom. The Balaban J connectivity index is 2.32. The minimum Gasteiger partial charge on any atom is -0.313 e. The van der Waals surface area contributed by atoms with Gasteiger partial charge in [0.25, 0.3) is 0 Å². The van der Waals surface area contributed by atoms with E-state index in [1.165, 1.54) is 31.4 Å². The second-order valence-electron chi connectivity index (χ2n) is 4.08. The highest BCUT2D eigenvalue weighted by Crippen LogP contribution is 2.30. The predicted octanol–water partition coefficient (Wildman–Crippen LogP) is 3.05. The highest BCUT2D eigenvalue weighted by molar-refractivity contribution is 8.00. The molecule has 0 saturated carbocycles. The van der Waals surface area contributed by atoms with Crippen LogP contribution < -0.4 is 5.32 Å². The molecule has 0 aromatic carbocycles. The second kappa shape index (κ2) is 8.07. The first-order chi connectivity index (χ1) is 7.38. The van der Waals surface area contributed by atoms with E-state index in [4.69, 9.17) is 0 Å². The van der Waals surface area contributed by atoms with Crippen molar-refractivity contribution in [3.8, 4) is 11.8 Å². The molecule has 2 atom stereocenters. The van der Waals surface area contributed by atoms with Gasteiger partial charge in [0.05, 0.1) is 0 Å². The van der Waals surface area contributed by atoms with Crippen LogP contribution in [-0.2, 0) is 0 Å². The molecule has 0 radical (unpaired) electrons. The summed E-state index contributed by atoms with van der Waals surface area (Å²) in [6.45, 7) is 5.32. The van der Waals surface area contributed by atoms with Gasteiger partial charge in [-0.1, -0.05) is 6.92 Å². The van der Waals surface area contributed by atoms with Crippen molar-refractivity contribution in [2.24, 2.45) is 0 Å². The highest BCUT2D eigenvalue weighted by Gasteiger charge is 2.24. The molecule has 2 unspecified atom stereocenters. The molecule has 0 spiro atoms. The summed E-state index contributed by atoms with van der Waals surface area (Å²) < 4.78 is 0. The Labute approximate surface area is 98.8 Å². The Kier molecular flexibility index (Phi) is 6.96. The van der Waals surface area contributed by atoms with Crippen LogP contribution in [0, 0.1) is 11.8 Å². The van der Waals surface area contributed by atoms with Crippen molar-refractivity contribution in [2.45, 2.75) is 57.2 Å². The Morgan fingerprint density at radius 1 is 1.53 bits per heavy atom.